The highest BCUT2D eigenvalue weighted by Crippen LogP contribution is 2.33. The van der Waals surface area contributed by atoms with Crippen LogP contribution in [0.3, 0.4) is 0 Å². The predicted molar refractivity (Wildman–Crippen MR) is 121 cm³/mol. The van der Waals surface area contributed by atoms with Gasteiger partial charge < -0.3 is 9.32 Å². The summed E-state index contributed by atoms with van der Waals surface area (Å²) >= 11 is 7.69. The zero-order valence-corrected chi connectivity index (χ0v) is 18.2. The van der Waals surface area contributed by atoms with Crippen LogP contribution in [0.4, 0.5) is 5.13 Å². The van der Waals surface area contributed by atoms with Gasteiger partial charge in [0, 0.05) is 6.54 Å². The number of thiazole rings is 1. The topological polar surface area (TPSA) is 71.6 Å². The van der Waals surface area contributed by atoms with E-state index in [1.807, 2.05) is 32.3 Å². The van der Waals surface area contributed by atoms with Crippen LogP contribution >= 0.6 is 22.9 Å². The zero-order valence-electron chi connectivity index (χ0n) is 16.7. The second kappa shape index (κ2) is 8.59. The third-order valence-electron chi connectivity index (χ3n) is 4.74. The van der Waals surface area contributed by atoms with Gasteiger partial charge in [-0.05, 0) is 51.3 Å². The number of amides is 1. The Hall–Kier alpha value is -2.68. The smallest absolute Gasteiger partial charge is 0.408 e. The molecule has 0 N–H and O–H groups in total. The summed E-state index contributed by atoms with van der Waals surface area (Å²) in [5.41, 5.74) is 1.73. The second-order valence-corrected chi connectivity index (χ2v) is 8.62. The van der Waals surface area contributed by atoms with Crippen molar-refractivity contribution in [1.82, 2.24) is 14.5 Å². The minimum Gasteiger partial charge on any atom is -0.408 e. The van der Waals surface area contributed by atoms with Gasteiger partial charge in [-0.3, -0.25) is 14.3 Å². The molecule has 9 heteroatoms. The maximum atomic E-state index is 13.3. The van der Waals surface area contributed by atoms with Crippen molar-refractivity contribution >= 4 is 55.3 Å². The first-order valence-electron chi connectivity index (χ1n) is 9.52. The molecule has 1 amide bonds. The summed E-state index contributed by atoms with van der Waals surface area (Å²) in [5.74, 6) is -0.775. The maximum Gasteiger partial charge on any atom is 0.420 e. The Kier molecular flexibility index (Phi) is 5.90. The molecule has 0 aliphatic rings. The highest BCUT2D eigenvalue weighted by atomic mass is 35.5. The van der Waals surface area contributed by atoms with E-state index in [1.54, 1.807) is 29.2 Å². The Balaban J connectivity index is 1.67. The number of anilines is 1. The maximum absolute atomic E-state index is 13.3. The van der Waals surface area contributed by atoms with Crippen molar-refractivity contribution in [2.24, 2.45) is 0 Å². The van der Waals surface area contributed by atoms with Gasteiger partial charge in [-0.2, -0.15) is 0 Å². The predicted octanol–water partition coefficient (Wildman–Crippen LogP) is 3.84. The number of carbonyl (C=O) groups excluding carboxylic acids is 1. The molecule has 0 fully saturated rings. The highest BCUT2D eigenvalue weighted by molar-refractivity contribution is 7.22. The molecule has 156 valence electrons. The van der Waals surface area contributed by atoms with Crippen LogP contribution in [-0.2, 0) is 11.3 Å². The first-order chi connectivity index (χ1) is 14.4. The van der Waals surface area contributed by atoms with Crippen LogP contribution in [0.25, 0.3) is 21.3 Å². The number of hydrogen-bond acceptors (Lipinski definition) is 6. The highest BCUT2D eigenvalue weighted by Gasteiger charge is 2.22. The number of carbonyl (C=O) groups is 1. The molecular weight excluding hydrogens is 424 g/mol. The monoisotopic (exact) mass is 444 g/mol. The summed E-state index contributed by atoms with van der Waals surface area (Å²) in [6, 6.07) is 12.6. The molecule has 0 atom stereocenters. The number of rotatable bonds is 7. The molecule has 2 heterocycles. The standard InChI is InChI=1S/C21H21ClN4O3S/c1-24(2)11-6-12-25(20-23-19-14(22)7-5-10-17(19)30-20)18(27)13-26-15-8-3-4-9-16(15)29-21(26)28/h3-5,7-10H,6,11-13H2,1-2H3. The number of fused-ring (bicyclic) bond motifs is 2. The average molecular weight is 445 g/mol. The molecule has 0 aliphatic heterocycles. The van der Waals surface area contributed by atoms with Gasteiger partial charge >= 0.3 is 5.76 Å². The molecule has 0 spiro atoms. The van der Waals surface area contributed by atoms with Crippen LogP contribution in [0.15, 0.2) is 51.7 Å². The summed E-state index contributed by atoms with van der Waals surface area (Å²) in [6.45, 7) is 1.18. The van der Waals surface area contributed by atoms with Crippen molar-refractivity contribution in [2.45, 2.75) is 13.0 Å². The van der Waals surface area contributed by atoms with Crippen LogP contribution in [0.5, 0.6) is 0 Å². The zero-order chi connectivity index (χ0) is 21.3. The van der Waals surface area contributed by atoms with Crippen molar-refractivity contribution in [3.8, 4) is 0 Å². The largest absolute Gasteiger partial charge is 0.420 e. The summed E-state index contributed by atoms with van der Waals surface area (Å²) < 4.78 is 7.53. The first kappa shape index (κ1) is 20.6. The molecule has 0 radical (unpaired) electrons. The van der Waals surface area contributed by atoms with Gasteiger partial charge in [-0.15, -0.1) is 0 Å². The van der Waals surface area contributed by atoms with E-state index in [2.05, 4.69) is 9.88 Å². The SMILES string of the molecule is CN(C)CCCN(C(=O)Cn1c(=O)oc2ccccc21)c1nc2c(Cl)cccc2s1. The lowest BCUT2D eigenvalue weighted by molar-refractivity contribution is -0.119. The van der Waals surface area contributed by atoms with Crippen LogP contribution in [-0.4, -0.2) is 47.5 Å². The fraction of sp³-hybridized carbons (Fsp3) is 0.286. The van der Waals surface area contributed by atoms with E-state index in [-0.39, 0.29) is 12.5 Å². The first-order valence-corrected chi connectivity index (χ1v) is 10.7. The van der Waals surface area contributed by atoms with Gasteiger partial charge in [-0.25, -0.2) is 9.78 Å². The number of aromatic nitrogens is 2. The van der Waals surface area contributed by atoms with Crippen LogP contribution in [0.2, 0.25) is 5.02 Å². The molecular formula is C21H21ClN4O3S. The number of halogens is 1. The van der Waals surface area contributed by atoms with Crippen molar-refractivity contribution in [3.05, 3.63) is 58.0 Å². The van der Waals surface area contributed by atoms with E-state index in [4.69, 9.17) is 16.0 Å². The third kappa shape index (κ3) is 4.12. The molecule has 0 aliphatic carbocycles. The summed E-state index contributed by atoms with van der Waals surface area (Å²) in [4.78, 5) is 33.9. The quantitative estimate of drug-likeness (QED) is 0.433. The molecule has 4 rings (SSSR count). The summed E-state index contributed by atoms with van der Waals surface area (Å²) in [5, 5.41) is 1.12. The van der Waals surface area contributed by atoms with Crippen LogP contribution < -0.4 is 10.7 Å². The van der Waals surface area contributed by atoms with Gasteiger partial charge in [0.1, 0.15) is 12.1 Å². The van der Waals surface area contributed by atoms with E-state index in [0.717, 1.165) is 17.7 Å². The Morgan fingerprint density at radius 1 is 1.17 bits per heavy atom. The van der Waals surface area contributed by atoms with Crippen molar-refractivity contribution in [3.63, 3.8) is 0 Å². The average Bonchev–Trinajstić information content (AvgIpc) is 3.27. The minimum absolute atomic E-state index is 0.124. The lowest BCUT2D eigenvalue weighted by Gasteiger charge is -2.21. The van der Waals surface area contributed by atoms with Gasteiger partial charge in [0.05, 0.1) is 15.2 Å². The number of nitrogens with zero attached hydrogens (tertiary/aromatic N) is 4. The number of oxazole rings is 1. The molecule has 0 saturated carbocycles. The Morgan fingerprint density at radius 3 is 2.73 bits per heavy atom. The molecule has 2 aromatic carbocycles. The number of benzene rings is 2. The van der Waals surface area contributed by atoms with E-state index in [9.17, 15) is 9.59 Å². The fourth-order valence-corrected chi connectivity index (χ4v) is 4.58. The fourth-order valence-electron chi connectivity index (χ4n) is 3.28. The molecule has 30 heavy (non-hydrogen) atoms. The summed E-state index contributed by atoms with van der Waals surface area (Å²) in [6.07, 6.45) is 0.767. The Labute approximate surface area is 182 Å². The molecule has 2 aromatic heterocycles. The van der Waals surface area contributed by atoms with Crippen molar-refractivity contribution in [2.75, 3.05) is 32.1 Å². The van der Waals surface area contributed by atoms with E-state index in [1.165, 1.54) is 15.9 Å². The summed E-state index contributed by atoms with van der Waals surface area (Å²) in [7, 11) is 3.97. The normalized spacial score (nSPS) is 11.6. The van der Waals surface area contributed by atoms with Gasteiger partial charge in [0.2, 0.25) is 5.91 Å². The van der Waals surface area contributed by atoms with Gasteiger partial charge in [0.15, 0.2) is 10.7 Å². The molecule has 0 bridgehead atoms. The lowest BCUT2D eigenvalue weighted by Crippen LogP contribution is -2.37. The molecule has 4 aromatic rings. The van der Waals surface area contributed by atoms with Crippen LogP contribution in [0.1, 0.15) is 6.42 Å². The van der Waals surface area contributed by atoms with E-state index >= 15 is 0 Å². The molecule has 7 nitrogen and oxygen atoms in total. The van der Waals surface area contributed by atoms with E-state index < -0.39 is 5.76 Å². The van der Waals surface area contributed by atoms with Gasteiger partial charge in [-0.1, -0.05) is 41.1 Å². The molecule has 0 saturated heterocycles. The molecule has 0 unspecified atom stereocenters. The van der Waals surface area contributed by atoms with Crippen LogP contribution in [0, 0.1) is 0 Å². The number of para-hydroxylation sites is 3. The van der Waals surface area contributed by atoms with Crippen molar-refractivity contribution < 1.29 is 9.21 Å². The Morgan fingerprint density at radius 2 is 1.97 bits per heavy atom. The second-order valence-electron chi connectivity index (χ2n) is 7.21. The van der Waals surface area contributed by atoms with E-state index in [0.29, 0.717) is 33.3 Å². The third-order valence-corrected chi connectivity index (χ3v) is 6.09. The number of hydrogen-bond donors (Lipinski definition) is 0. The minimum atomic E-state index is -0.551. The van der Waals surface area contributed by atoms with Crippen molar-refractivity contribution in [1.29, 1.82) is 0 Å². The lowest BCUT2D eigenvalue weighted by atomic mass is 10.3. The Bertz CT molecular complexity index is 1260. The van der Waals surface area contributed by atoms with Gasteiger partial charge in [0.25, 0.3) is 0 Å².